The van der Waals surface area contributed by atoms with Crippen LogP contribution in [0.15, 0.2) is 29.2 Å². The molecule has 1 fully saturated rings. The van der Waals surface area contributed by atoms with Crippen molar-refractivity contribution < 1.29 is 23.4 Å². The first-order valence-corrected chi connectivity index (χ1v) is 12.9. The number of nitrogens with zero attached hydrogens (tertiary/aromatic N) is 5. The minimum atomic E-state index is -0.674. The van der Waals surface area contributed by atoms with Crippen molar-refractivity contribution in [2.75, 3.05) is 26.7 Å². The lowest BCUT2D eigenvalue weighted by atomic mass is 9.84. The van der Waals surface area contributed by atoms with Gasteiger partial charge < -0.3 is 19.3 Å². The number of amides is 1. The van der Waals surface area contributed by atoms with Crippen LogP contribution < -0.4 is 5.43 Å². The molecule has 0 radical (unpaired) electrons. The first kappa shape index (κ1) is 25.3. The normalized spacial score (nSPS) is 17.1. The van der Waals surface area contributed by atoms with Gasteiger partial charge in [-0.15, -0.1) is 10.2 Å². The van der Waals surface area contributed by atoms with Crippen LogP contribution in [0, 0.1) is 11.6 Å². The summed E-state index contributed by atoms with van der Waals surface area (Å²) in [5.74, 6) is -1.66. The number of carbonyl (C=O) groups excluding carboxylic acids is 1. The van der Waals surface area contributed by atoms with Crippen LogP contribution in [0.5, 0.6) is 5.75 Å². The van der Waals surface area contributed by atoms with Gasteiger partial charge in [-0.3, -0.25) is 9.69 Å². The average Bonchev–Trinajstić information content (AvgIpc) is 3.33. The smallest absolute Gasteiger partial charge is 0.409 e. The number of rotatable bonds is 4. The molecule has 0 atom stereocenters. The third-order valence-corrected chi connectivity index (χ3v) is 8.26. The highest BCUT2D eigenvalue weighted by atomic mass is 32.1. The first-order chi connectivity index (χ1) is 17.7. The molecular formula is C25H27F2N5O4S. The van der Waals surface area contributed by atoms with Gasteiger partial charge in [-0.25, -0.2) is 13.6 Å². The SMILES string of the molecule is CCOC(=O)N1CCC2(CC1)Cn1cc(-c3nnc(Cc4ccc(F)cc4F)s3)c(=O)c(O)c1CN2C. The third-order valence-electron chi connectivity index (χ3n) is 7.30. The summed E-state index contributed by atoms with van der Waals surface area (Å²) in [4.78, 5) is 29.1. The molecule has 0 saturated carbocycles. The predicted molar refractivity (Wildman–Crippen MR) is 132 cm³/mol. The minimum Gasteiger partial charge on any atom is -0.503 e. The van der Waals surface area contributed by atoms with Crippen LogP contribution in [0.2, 0.25) is 0 Å². The molecule has 3 aromatic rings. The van der Waals surface area contributed by atoms with Crippen molar-refractivity contribution in [3.63, 3.8) is 0 Å². The zero-order chi connectivity index (χ0) is 26.3. The van der Waals surface area contributed by atoms with E-state index in [2.05, 4.69) is 15.1 Å². The molecular weight excluding hydrogens is 504 g/mol. The number of benzene rings is 1. The van der Waals surface area contributed by atoms with Gasteiger partial charge in [0.2, 0.25) is 5.43 Å². The molecule has 9 nitrogen and oxygen atoms in total. The summed E-state index contributed by atoms with van der Waals surface area (Å²) < 4.78 is 34.3. The van der Waals surface area contributed by atoms with E-state index in [1.54, 1.807) is 18.0 Å². The maximum Gasteiger partial charge on any atom is 0.409 e. The molecule has 37 heavy (non-hydrogen) atoms. The topological polar surface area (TPSA) is 101 Å². The van der Waals surface area contributed by atoms with E-state index >= 15 is 0 Å². The number of carbonyl (C=O) groups is 1. The zero-order valence-corrected chi connectivity index (χ0v) is 21.4. The summed E-state index contributed by atoms with van der Waals surface area (Å²) in [5.41, 5.74) is 0.221. The van der Waals surface area contributed by atoms with E-state index in [1.807, 2.05) is 11.6 Å². The molecule has 4 heterocycles. The molecule has 1 amide bonds. The molecule has 1 N–H and O–H groups in total. The Morgan fingerprint density at radius 1 is 1.24 bits per heavy atom. The number of ether oxygens (including phenoxy) is 1. The molecule has 1 saturated heterocycles. The van der Waals surface area contributed by atoms with Crippen molar-refractivity contribution in [1.29, 1.82) is 0 Å². The second-order valence-corrected chi connectivity index (χ2v) is 10.5. The molecule has 2 aromatic heterocycles. The molecule has 0 aliphatic carbocycles. The Labute approximate surface area is 215 Å². The number of piperidine rings is 1. The molecule has 196 valence electrons. The second kappa shape index (κ2) is 9.82. The number of hydrogen-bond donors (Lipinski definition) is 1. The highest BCUT2D eigenvalue weighted by Gasteiger charge is 2.43. The van der Waals surface area contributed by atoms with Crippen molar-refractivity contribution in [3.05, 3.63) is 62.5 Å². The van der Waals surface area contributed by atoms with Crippen molar-refractivity contribution in [2.24, 2.45) is 0 Å². The number of fused-ring (bicyclic) bond motifs is 1. The number of hydrogen-bond acceptors (Lipinski definition) is 8. The van der Waals surface area contributed by atoms with Gasteiger partial charge in [0.15, 0.2) is 10.8 Å². The van der Waals surface area contributed by atoms with Gasteiger partial charge in [-0.2, -0.15) is 0 Å². The Morgan fingerprint density at radius 2 is 2.00 bits per heavy atom. The molecule has 2 aliphatic heterocycles. The fraction of sp³-hybridized carbons (Fsp3) is 0.440. The molecule has 0 unspecified atom stereocenters. The largest absolute Gasteiger partial charge is 0.503 e. The van der Waals surface area contributed by atoms with Crippen LogP contribution >= 0.6 is 11.3 Å². The highest BCUT2D eigenvalue weighted by molar-refractivity contribution is 7.14. The molecule has 1 aromatic carbocycles. The number of likely N-dealkylation sites (tertiary alicyclic amines) is 1. The fourth-order valence-electron chi connectivity index (χ4n) is 5.10. The van der Waals surface area contributed by atoms with Crippen molar-refractivity contribution >= 4 is 17.4 Å². The van der Waals surface area contributed by atoms with Crippen molar-refractivity contribution in [2.45, 2.75) is 44.8 Å². The monoisotopic (exact) mass is 531 g/mol. The molecule has 0 bridgehead atoms. The number of likely N-dealkylation sites (N-methyl/N-ethyl adjacent to an activating group) is 1. The number of aromatic nitrogens is 3. The number of pyridine rings is 1. The van der Waals surface area contributed by atoms with Gasteiger partial charge in [-0.1, -0.05) is 17.4 Å². The van der Waals surface area contributed by atoms with Gasteiger partial charge in [0.1, 0.15) is 16.6 Å². The molecule has 5 rings (SSSR count). The average molecular weight is 532 g/mol. The van der Waals surface area contributed by atoms with Crippen LogP contribution in [0.1, 0.15) is 36.0 Å². The number of halogens is 2. The highest BCUT2D eigenvalue weighted by Crippen LogP contribution is 2.37. The van der Waals surface area contributed by atoms with Gasteiger partial charge in [-0.05, 0) is 38.4 Å². The Hall–Kier alpha value is -3.38. The third kappa shape index (κ3) is 4.71. The van der Waals surface area contributed by atoms with Gasteiger partial charge in [0, 0.05) is 50.4 Å². The van der Waals surface area contributed by atoms with E-state index in [4.69, 9.17) is 4.74 Å². The summed E-state index contributed by atoms with van der Waals surface area (Å²) in [5, 5.41) is 19.8. The van der Waals surface area contributed by atoms with E-state index in [1.165, 1.54) is 12.1 Å². The summed E-state index contributed by atoms with van der Waals surface area (Å²) in [7, 11) is 1.97. The minimum absolute atomic E-state index is 0.104. The summed E-state index contributed by atoms with van der Waals surface area (Å²) >= 11 is 1.13. The first-order valence-electron chi connectivity index (χ1n) is 12.1. The number of aromatic hydroxyl groups is 1. The Kier molecular flexibility index (Phi) is 6.71. The summed E-state index contributed by atoms with van der Waals surface area (Å²) in [6.45, 7) is 4.13. The van der Waals surface area contributed by atoms with E-state index in [0.29, 0.717) is 48.5 Å². The van der Waals surface area contributed by atoms with Gasteiger partial charge >= 0.3 is 6.09 Å². The lowest BCUT2D eigenvalue weighted by Crippen LogP contribution is -2.59. The fourth-order valence-corrected chi connectivity index (χ4v) is 5.97. The lowest BCUT2D eigenvalue weighted by molar-refractivity contribution is 0.000778. The maximum absolute atomic E-state index is 14.1. The van der Waals surface area contributed by atoms with Crippen LogP contribution in [0.25, 0.3) is 10.6 Å². The standard InChI is InChI=1S/C25H27F2N5O4S/c1-3-36-24(35)31-8-6-25(7-9-31)14-32-12-17(21(33)22(34)19(32)13-30(25)2)23-29-28-20(37-23)10-15-4-5-16(26)11-18(15)27/h4-5,11-12,34H,3,6-10,13-14H2,1-2H3. The van der Waals surface area contributed by atoms with E-state index in [-0.39, 0.29) is 34.9 Å². The summed E-state index contributed by atoms with van der Waals surface area (Å²) in [6, 6.07) is 3.35. The molecule has 1 spiro atoms. The van der Waals surface area contributed by atoms with Crippen LogP contribution in [-0.2, 0) is 24.2 Å². The van der Waals surface area contributed by atoms with Crippen LogP contribution in [0.3, 0.4) is 0 Å². The Morgan fingerprint density at radius 3 is 2.70 bits per heavy atom. The maximum atomic E-state index is 14.1. The molecule has 12 heteroatoms. The lowest BCUT2D eigenvalue weighted by Gasteiger charge is -2.50. The molecule has 2 aliphatic rings. The van der Waals surface area contributed by atoms with E-state index in [9.17, 15) is 23.5 Å². The van der Waals surface area contributed by atoms with E-state index < -0.39 is 17.1 Å². The Balaban J connectivity index is 1.40. The van der Waals surface area contributed by atoms with Crippen LogP contribution in [-0.4, -0.2) is 68.0 Å². The van der Waals surface area contributed by atoms with E-state index in [0.717, 1.165) is 30.2 Å². The second-order valence-electron chi connectivity index (χ2n) is 9.47. The summed E-state index contributed by atoms with van der Waals surface area (Å²) in [6.07, 6.45) is 2.93. The van der Waals surface area contributed by atoms with Crippen LogP contribution in [0.4, 0.5) is 13.6 Å². The van der Waals surface area contributed by atoms with Crippen molar-refractivity contribution in [1.82, 2.24) is 24.6 Å². The quantitative estimate of drug-likeness (QED) is 0.551. The van der Waals surface area contributed by atoms with Gasteiger partial charge in [0.25, 0.3) is 0 Å². The van der Waals surface area contributed by atoms with Crippen molar-refractivity contribution in [3.8, 4) is 16.3 Å². The zero-order valence-electron chi connectivity index (χ0n) is 20.5. The predicted octanol–water partition coefficient (Wildman–Crippen LogP) is 3.38. The Bertz CT molecular complexity index is 1400. The van der Waals surface area contributed by atoms with Gasteiger partial charge in [0.05, 0.1) is 17.9 Å².